The van der Waals surface area contributed by atoms with Gasteiger partial charge in [-0.25, -0.2) is 8.42 Å². The van der Waals surface area contributed by atoms with Crippen LogP contribution in [-0.4, -0.2) is 56.7 Å². The Balaban J connectivity index is 0.000000989. The van der Waals surface area contributed by atoms with Crippen LogP contribution in [0, 0.1) is 5.41 Å². The van der Waals surface area contributed by atoms with Gasteiger partial charge in [0.25, 0.3) is 0 Å². The van der Waals surface area contributed by atoms with E-state index in [9.17, 15) is 8.42 Å². The summed E-state index contributed by atoms with van der Waals surface area (Å²) in [5.41, 5.74) is 1.66. The Morgan fingerprint density at radius 1 is 0.931 bits per heavy atom. The van der Waals surface area contributed by atoms with E-state index in [1.54, 1.807) is 6.07 Å². The maximum absolute atomic E-state index is 11.7. The summed E-state index contributed by atoms with van der Waals surface area (Å²) in [6.45, 7) is 18.2. The first kappa shape index (κ1) is 26.1. The molecular formula is C24H44N2O2S. The Hall–Kier alpha value is -0.910. The third kappa shape index (κ3) is 7.69. The standard InChI is InChI=1S/C20H32N2O2S.2C2H6/c1-17(2)22-13-9-20(10-14-22)7-11-21(12-8-20)16-18-5-4-6-19(15-18)25(3,23)24;2*1-2/h4-6,15,17H,7-14,16H2,1-3H3;2*1-2H3. The third-order valence-electron chi connectivity index (χ3n) is 6.24. The van der Waals surface area contributed by atoms with Gasteiger partial charge in [0.15, 0.2) is 9.84 Å². The predicted octanol–water partition coefficient (Wildman–Crippen LogP) is 5.23. The fraction of sp³-hybridized carbons (Fsp3) is 0.750. The van der Waals surface area contributed by atoms with E-state index in [4.69, 9.17) is 0 Å². The van der Waals surface area contributed by atoms with Crippen molar-refractivity contribution in [1.29, 1.82) is 0 Å². The van der Waals surface area contributed by atoms with Crippen LogP contribution in [0.4, 0.5) is 0 Å². The number of benzene rings is 1. The minimum Gasteiger partial charge on any atom is -0.301 e. The zero-order chi connectivity index (χ0) is 22.1. The Labute approximate surface area is 180 Å². The van der Waals surface area contributed by atoms with Crippen LogP contribution in [0.1, 0.15) is 72.8 Å². The number of sulfone groups is 1. The molecule has 0 saturated carbocycles. The third-order valence-corrected chi connectivity index (χ3v) is 7.35. The average Bonchev–Trinajstić information content (AvgIpc) is 2.73. The largest absolute Gasteiger partial charge is 0.301 e. The van der Waals surface area contributed by atoms with E-state index in [1.807, 2.05) is 45.9 Å². The lowest BCUT2D eigenvalue weighted by Gasteiger charge is -2.47. The van der Waals surface area contributed by atoms with Crippen LogP contribution >= 0.6 is 0 Å². The lowest BCUT2D eigenvalue weighted by atomic mass is 9.71. The molecule has 2 heterocycles. The van der Waals surface area contributed by atoms with Crippen molar-refractivity contribution in [2.45, 2.75) is 84.7 Å². The highest BCUT2D eigenvalue weighted by molar-refractivity contribution is 7.90. The van der Waals surface area contributed by atoms with Gasteiger partial charge in [0.05, 0.1) is 4.90 Å². The second-order valence-electron chi connectivity index (χ2n) is 8.33. The highest BCUT2D eigenvalue weighted by Crippen LogP contribution is 2.41. The van der Waals surface area contributed by atoms with Gasteiger partial charge in [0.2, 0.25) is 0 Å². The Morgan fingerprint density at radius 3 is 1.93 bits per heavy atom. The number of likely N-dealkylation sites (tertiary alicyclic amines) is 2. The maximum Gasteiger partial charge on any atom is 0.175 e. The summed E-state index contributed by atoms with van der Waals surface area (Å²) in [6.07, 6.45) is 6.51. The summed E-state index contributed by atoms with van der Waals surface area (Å²) in [6, 6.07) is 8.09. The smallest absolute Gasteiger partial charge is 0.175 e. The summed E-state index contributed by atoms with van der Waals surface area (Å²) in [7, 11) is -3.12. The lowest BCUT2D eigenvalue weighted by molar-refractivity contribution is 0.0230. The molecule has 1 aromatic carbocycles. The molecule has 0 amide bonds. The summed E-state index contributed by atoms with van der Waals surface area (Å²) >= 11 is 0. The first-order valence-corrected chi connectivity index (χ1v) is 13.4. The summed E-state index contributed by atoms with van der Waals surface area (Å²) < 4.78 is 23.5. The molecule has 0 bridgehead atoms. The topological polar surface area (TPSA) is 40.6 Å². The number of rotatable bonds is 4. The predicted molar refractivity (Wildman–Crippen MR) is 125 cm³/mol. The zero-order valence-electron chi connectivity index (χ0n) is 19.9. The van der Waals surface area contributed by atoms with Gasteiger partial charge in [-0.3, -0.25) is 4.90 Å². The zero-order valence-corrected chi connectivity index (χ0v) is 20.7. The molecule has 0 atom stereocenters. The van der Waals surface area contributed by atoms with Gasteiger partial charge in [-0.1, -0.05) is 39.8 Å². The van der Waals surface area contributed by atoms with Crippen LogP contribution in [0.3, 0.4) is 0 Å². The summed E-state index contributed by atoms with van der Waals surface area (Å²) in [5, 5.41) is 0. The summed E-state index contributed by atoms with van der Waals surface area (Å²) in [4.78, 5) is 5.52. The molecule has 168 valence electrons. The Bertz CT molecular complexity index is 683. The second kappa shape index (κ2) is 12.1. The normalized spacial score (nSPS) is 19.9. The Kier molecular flexibility index (Phi) is 10.9. The molecule has 1 spiro atoms. The fourth-order valence-electron chi connectivity index (χ4n) is 4.33. The molecule has 2 aliphatic rings. The molecular weight excluding hydrogens is 380 g/mol. The second-order valence-corrected chi connectivity index (χ2v) is 10.3. The molecule has 29 heavy (non-hydrogen) atoms. The highest BCUT2D eigenvalue weighted by atomic mass is 32.2. The number of nitrogens with zero attached hydrogens (tertiary/aromatic N) is 2. The van der Waals surface area contributed by atoms with Crippen molar-refractivity contribution >= 4 is 9.84 Å². The van der Waals surface area contributed by atoms with Gasteiger partial charge in [0.1, 0.15) is 0 Å². The van der Waals surface area contributed by atoms with Gasteiger partial charge < -0.3 is 4.90 Å². The van der Waals surface area contributed by atoms with Crippen molar-refractivity contribution < 1.29 is 8.42 Å². The monoisotopic (exact) mass is 424 g/mol. The van der Waals surface area contributed by atoms with E-state index in [-0.39, 0.29) is 0 Å². The van der Waals surface area contributed by atoms with Gasteiger partial charge in [-0.05, 0) is 88.8 Å². The molecule has 0 radical (unpaired) electrons. The van der Waals surface area contributed by atoms with Gasteiger partial charge in [0, 0.05) is 18.8 Å². The van der Waals surface area contributed by atoms with Crippen molar-refractivity contribution in [3.63, 3.8) is 0 Å². The van der Waals surface area contributed by atoms with Crippen molar-refractivity contribution in [1.82, 2.24) is 9.80 Å². The van der Waals surface area contributed by atoms with E-state index in [1.165, 1.54) is 45.0 Å². The number of piperidine rings is 2. The van der Waals surface area contributed by atoms with Gasteiger partial charge >= 0.3 is 0 Å². The van der Waals surface area contributed by atoms with E-state index in [2.05, 4.69) is 23.6 Å². The van der Waals surface area contributed by atoms with Crippen LogP contribution in [-0.2, 0) is 16.4 Å². The molecule has 0 N–H and O–H groups in total. The average molecular weight is 425 g/mol. The van der Waals surface area contributed by atoms with Crippen LogP contribution < -0.4 is 0 Å². The maximum atomic E-state index is 11.7. The van der Waals surface area contributed by atoms with Crippen LogP contribution in [0.25, 0.3) is 0 Å². The Morgan fingerprint density at radius 2 is 1.45 bits per heavy atom. The quantitative estimate of drug-likeness (QED) is 0.664. The minimum absolute atomic E-state index is 0.430. The van der Waals surface area contributed by atoms with Crippen molar-refractivity contribution in [2.75, 3.05) is 32.4 Å². The summed E-state index contributed by atoms with van der Waals surface area (Å²) in [5.74, 6) is 0. The van der Waals surface area contributed by atoms with Crippen molar-refractivity contribution in [2.24, 2.45) is 5.41 Å². The molecule has 0 unspecified atom stereocenters. The molecule has 0 aromatic heterocycles. The van der Waals surface area contributed by atoms with E-state index >= 15 is 0 Å². The molecule has 4 nitrogen and oxygen atoms in total. The molecule has 1 aromatic rings. The highest BCUT2D eigenvalue weighted by Gasteiger charge is 2.37. The molecule has 2 fully saturated rings. The van der Waals surface area contributed by atoms with Gasteiger partial charge in [-0.15, -0.1) is 0 Å². The van der Waals surface area contributed by atoms with E-state index in [0.29, 0.717) is 16.4 Å². The van der Waals surface area contributed by atoms with Crippen LogP contribution in [0.2, 0.25) is 0 Å². The molecule has 2 aliphatic heterocycles. The molecule has 0 aliphatic carbocycles. The number of hydrogen-bond acceptors (Lipinski definition) is 4. The van der Waals surface area contributed by atoms with E-state index in [0.717, 1.165) is 25.2 Å². The van der Waals surface area contributed by atoms with E-state index < -0.39 is 9.84 Å². The van der Waals surface area contributed by atoms with Crippen LogP contribution in [0.5, 0.6) is 0 Å². The fourth-order valence-corrected chi connectivity index (χ4v) is 5.02. The van der Waals surface area contributed by atoms with Gasteiger partial charge in [-0.2, -0.15) is 0 Å². The SMILES string of the molecule is CC.CC.CC(C)N1CCC2(CCN(Cc3cccc(S(C)(=O)=O)c3)CC2)CC1. The van der Waals surface area contributed by atoms with Crippen LogP contribution in [0.15, 0.2) is 29.2 Å². The van der Waals surface area contributed by atoms with Crippen molar-refractivity contribution in [3.8, 4) is 0 Å². The molecule has 5 heteroatoms. The first-order chi connectivity index (χ1) is 13.8. The lowest BCUT2D eigenvalue weighted by Crippen LogP contribution is -2.48. The minimum atomic E-state index is -3.12. The molecule has 3 rings (SSSR count). The number of hydrogen-bond donors (Lipinski definition) is 0. The molecule has 2 saturated heterocycles. The first-order valence-electron chi connectivity index (χ1n) is 11.5. The van der Waals surface area contributed by atoms with Crippen molar-refractivity contribution in [3.05, 3.63) is 29.8 Å².